The summed E-state index contributed by atoms with van der Waals surface area (Å²) in [5.41, 5.74) is -0.202. The van der Waals surface area contributed by atoms with Crippen LogP contribution >= 0.6 is 0 Å². The molecule has 1 aromatic heterocycles. The largest absolute Gasteiger partial charge is 0.480 e. The van der Waals surface area contributed by atoms with Crippen LogP contribution in [0.4, 0.5) is 4.39 Å². The minimum absolute atomic E-state index is 0.249. The van der Waals surface area contributed by atoms with Crippen LogP contribution in [0.3, 0.4) is 0 Å². The summed E-state index contributed by atoms with van der Waals surface area (Å²) in [7, 11) is 0. The third-order valence-electron chi connectivity index (χ3n) is 3.78. The molecule has 0 spiro atoms. The predicted octanol–water partition coefficient (Wildman–Crippen LogP) is 2.67. The van der Waals surface area contributed by atoms with Crippen molar-refractivity contribution in [1.29, 1.82) is 0 Å². The number of carboxylic acid groups (broad SMARTS) is 1. The number of hydrogen-bond donors (Lipinski definition) is 2. The summed E-state index contributed by atoms with van der Waals surface area (Å²) in [4.78, 5) is 27.9. The van der Waals surface area contributed by atoms with Gasteiger partial charge >= 0.3 is 5.97 Å². The molecule has 0 aliphatic rings. The summed E-state index contributed by atoms with van der Waals surface area (Å²) >= 11 is 0. The Balaban J connectivity index is 2.42. The van der Waals surface area contributed by atoms with Crippen LogP contribution in [0.1, 0.15) is 36.3 Å². The number of halogens is 1. The fourth-order valence-electron chi connectivity index (χ4n) is 2.08. The molecule has 1 unspecified atom stereocenters. The minimum atomic E-state index is -1.35. The Bertz CT molecular complexity index is 760. The van der Waals surface area contributed by atoms with Gasteiger partial charge in [0, 0.05) is 11.5 Å². The first kappa shape index (κ1) is 15.9. The molecule has 0 aliphatic heterocycles. The van der Waals surface area contributed by atoms with Gasteiger partial charge in [-0.25, -0.2) is 9.18 Å². The van der Waals surface area contributed by atoms with Crippen molar-refractivity contribution in [2.75, 3.05) is 0 Å². The smallest absolute Gasteiger partial charge is 0.329 e. The average molecular weight is 304 g/mol. The second-order valence-electron chi connectivity index (χ2n) is 5.40. The number of hydrogen-bond acceptors (Lipinski definition) is 3. The lowest BCUT2D eigenvalue weighted by Crippen LogP contribution is -2.51. The van der Waals surface area contributed by atoms with E-state index in [1.54, 1.807) is 19.9 Å². The number of benzene rings is 1. The number of aliphatic carboxylic acids is 1. The highest BCUT2D eigenvalue weighted by molar-refractivity contribution is 6.01. The van der Waals surface area contributed by atoms with E-state index < -0.39 is 23.2 Å². The number of carboxylic acids is 1. The molecule has 0 saturated carbocycles. The van der Waals surface area contributed by atoms with Gasteiger partial charge in [0.2, 0.25) is 0 Å². The normalized spacial score (nSPS) is 13.6. The van der Waals surface area contributed by atoms with Crippen LogP contribution in [-0.4, -0.2) is 27.5 Å². The van der Waals surface area contributed by atoms with Crippen molar-refractivity contribution in [2.45, 2.75) is 32.7 Å². The summed E-state index contributed by atoms with van der Waals surface area (Å²) in [5.74, 6) is -2.01. The summed E-state index contributed by atoms with van der Waals surface area (Å²) in [6, 6.07) is 5.69. The molecule has 0 saturated heterocycles. The van der Waals surface area contributed by atoms with Crippen LogP contribution < -0.4 is 5.32 Å². The second-order valence-corrected chi connectivity index (χ2v) is 5.40. The maximum atomic E-state index is 13.2. The van der Waals surface area contributed by atoms with E-state index in [0.717, 1.165) is 0 Å². The lowest BCUT2D eigenvalue weighted by atomic mass is 9.98. The van der Waals surface area contributed by atoms with Gasteiger partial charge in [-0.2, -0.15) is 0 Å². The number of carbonyl (C=O) groups excluding carboxylic acids is 1. The Morgan fingerprint density at radius 1 is 1.36 bits per heavy atom. The molecule has 1 amide bonds. The molecular formula is C16H17FN2O3. The molecule has 2 rings (SSSR count). The van der Waals surface area contributed by atoms with E-state index in [2.05, 4.69) is 10.3 Å². The van der Waals surface area contributed by atoms with Gasteiger partial charge in [-0.15, -0.1) is 0 Å². The summed E-state index contributed by atoms with van der Waals surface area (Å²) in [6.45, 7) is 4.76. The maximum Gasteiger partial charge on any atom is 0.329 e. The minimum Gasteiger partial charge on any atom is -0.480 e. The van der Waals surface area contributed by atoms with Crippen molar-refractivity contribution in [3.63, 3.8) is 0 Å². The molecule has 0 fully saturated rings. The number of amides is 1. The third kappa shape index (κ3) is 2.90. The van der Waals surface area contributed by atoms with E-state index in [1.807, 2.05) is 0 Å². The molecule has 0 aliphatic carbocycles. The molecule has 2 N–H and O–H groups in total. The van der Waals surface area contributed by atoms with Crippen molar-refractivity contribution >= 4 is 22.8 Å². The highest BCUT2D eigenvalue weighted by Crippen LogP contribution is 2.19. The van der Waals surface area contributed by atoms with Gasteiger partial charge in [-0.3, -0.25) is 9.78 Å². The van der Waals surface area contributed by atoms with E-state index in [9.17, 15) is 19.1 Å². The molecule has 22 heavy (non-hydrogen) atoms. The molecule has 116 valence electrons. The molecule has 2 aromatic rings. The van der Waals surface area contributed by atoms with Gasteiger partial charge in [0.25, 0.3) is 5.91 Å². The van der Waals surface area contributed by atoms with Crippen molar-refractivity contribution in [2.24, 2.45) is 0 Å². The topological polar surface area (TPSA) is 79.3 Å². The highest BCUT2D eigenvalue weighted by Gasteiger charge is 2.33. The van der Waals surface area contributed by atoms with Crippen molar-refractivity contribution in [3.05, 3.63) is 41.3 Å². The zero-order chi connectivity index (χ0) is 16.5. The first-order valence-electron chi connectivity index (χ1n) is 6.89. The Morgan fingerprint density at radius 3 is 2.64 bits per heavy atom. The number of fused-ring (bicyclic) bond motifs is 1. The van der Waals surface area contributed by atoms with Crippen LogP contribution in [0.5, 0.6) is 0 Å². The van der Waals surface area contributed by atoms with Crippen molar-refractivity contribution < 1.29 is 19.1 Å². The van der Waals surface area contributed by atoms with Gasteiger partial charge in [0.1, 0.15) is 11.4 Å². The molecule has 0 bridgehead atoms. The van der Waals surface area contributed by atoms with E-state index in [-0.39, 0.29) is 12.0 Å². The number of aromatic nitrogens is 1. The van der Waals surface area contributed by atoms with Gasteiger partial charge in [-0.05, 0) is 38.5 Å². The molecular weight excluding hydrogens is 287 g/mol. The summed E-state index contributed by atoms with van der Waals surface area (Å²) in [5, 5.41) is 12.4. The molecule has 1 atom stereocenters. The van der Waals surface area contributed by atoms with E-state index >= 15 is 0 Å². The van der Waals surface area contributed by atoms with Crippen LogP contribution in [0, 0.1) is 12.7 Å². The number of nitrogens with zero attached hydrogens (tertiary/aromatic N) is 1. The first-order chi connectivity index (χ1) is 10.3. The summed E-state index contributed by atoms with van der Waals surface area (Å²) in [6.07, 6.45) is 0.249. The number of rotatable bonds is 4. The number of nitrogens with one attached hydrogen (secondary N) is 1. The quantitative estimate of drug-likeness (QED) is 0.910. The van der Waals surface area contributed by atoms with Gasteiger partial charge in [0.05, 0.1) is 16.8 Å². The van der Waals surface area contributed by atoms with Crippen LogP contribution in [0.2, 0.25) is 0 Å². The van der Waals surface area contributed by atoms with E-state index in [4.69, 9.17) is 0 Å². The lowest BCUT2D eigenvalue weighted by molar-refractivity contribution is -0.143. The Hall–Kier alpha value is -2.50. The van der Waals surface area contributed by atoms with Crippen molar-refractivity contribution in [1.82, 2.24) is 10.3 Å². The van der Waals surface area contributed by atoms with Gasteiger partial charge < -0.3 is 10.4 Å². The zero-order valence-corrected chi connectivity index (χ0v) is 12.6. The van der Waals surface area contributed by atoms with Crippen LogP contribution in [-0.2, 0) is 4.79 Å². The van der Waals surface area contributed by atoms with E-state index in [1.165, 1.54) is 25.1 Å². The first-order valence-corrected chi connectivity index (χ1v) is 6.89. The highest BCUT2D eigenvalue weighted by atomic mass is 19.1. The monoisotopic (exact) mass is 304 g/mol. The fraction of sp³-hybridized carbons (Fsp3) is 0.312. The van der Waals surface area contributed by atoms with Crippen LogP contribution in [0.25, 0.3) is 10.9 Å². The van der Waals surface area contributed by atoms with Gasteiger partial charge in [-0.1, -0.05) is 6.92 Å². The summed E-state index contributed by atoms with van der Waals surface area (Å²) < 4.78 is 13.2. The second kappa shape index (κ2) is 5.71. The standard InChI is InChI=1S/C16H17FN2O3/c1-4-16(3,15(21)22)19-14(20)12-7-10-5-6-11(17)8-13(10)18-9(12)2/h5-8H,4H2,1-3H3,(H,19,20)(H,21,22). The zero-order valence-electron chi connectivity index (χ0n) is 12.6. The van der Waals surface area contributed by atoms with E-state index in [0.29, 0.717) is 16.6 Å². The average Bonchev–Trinajstić information content (AvgIpc) is 2.45. The molecule has 6 heteroatoms. The molecule has 1 heterocycles. The number of carbonyl (C=O) groups is 2. The van der Waals surface area contributed by atoms with Gasteiger partial charge in [0.15, 0.2) is 0 Å². The molecule has 1 aromatic carbocycles. The molecule has 0 radical (unpaired) electrons. The fourth-order valence-corrected chi connectivity index (χ4v) is 2.08. The van der Waals surface area contributed by atoms with Crippen molar-refractivity contribution in [3.8, 4) is 0 Å². The SMILES string of the molecule is CCC(C)(NC(=O)c1cc2ccc(F)cc2nc1C)C(=O)O. The maximum absolute atomic E-state index is 13.2. The molecule has 5 nitrogen and oxygen atoms in total. The lowest BCUT2D eigenvalue weighted by Gasteiger charge is -2.25. The number of aryl methyl sites for hydroxylation is 1. The number of pyridine rings is 1. The third-order valence-corrected chi connectivity index (χ3v) is 3.78. The van der Waals surface area contributed by atoms with Crippen LogP contribution in [0.15, 0.2) is 24.3 Å². The Labute approximate surface area is 127 Å². The Kier molecular flexibility index (Phi) is 4.12. The Morgan fingerprint density at radius 2 is 2.05 bits per heavy atom. The predicted molar refractivity (Wildman–Crippen MR) is 80.2 cm³/mol.